The van der Waals surface area contributed by atoms with Crippen LogP contribution in [0.3, 0.4) is 0 Å². The molecule has 6 heteroatoms. The predicted octanol–water partition coefficient (Wildman–Crippen LogP) is 0.575. The molecule has 2 rings (SSSR count). The molecule has 1 aromatic heterocycles. The summed E-state index contributed by atoms with van der Waals surface area (Å²) in [6.45, 7) is 0. The molecule has 0 bridgehead atoms. The van der Waals surface area contributed by atoms with Gasteiger partial charge in [-0.25, -0.2) is 9.48 Å². The number of rotatable bonds is 2. The maximum atomic E-state index is 10.6. The molecule has 0 aliphatic heterocycles. The Labute approximate surface area is 85.2 Å². The van der Waals surface area contributed by atoms with Gasteiger partial charge in [0.1, 0.15) is 0 Å². The number of tetrazole rings is 1. The molecule has 0 radical (unpaired) electrons. The molecule has 76 valence electrons. The average molecular weight is 204 g/mol. The van der Waals surface area contributed by atoms with E-state index in [9.17, 15) is 4.79 Å². The molecule has 0 fully saturated rings. The van der Waals surface area contributed by atoms with Crippen molar-refractivity contribution in [1.29, 1.82) is 0 Å². The number of hydrogen-bond donors (Lipinski definition) is 1. The standard InChI is InChI=1S/C9H8N4O2/c1-13-8(10-11-12-13)6-2-4-7(5-3-6)9(14)15/h2-5H,1H3,(H,14,15). The van der Waals surface area contributed by atoms with Crippen LogP contribution in [-0.4, -0.2) is 31.3 Å². The molecule has 0 aliphatic rings. The van der Waals surface area contributed by atoms with Crippen LogP contribution in [0.5, 0.6) is 0 Å². The van der Waals surface area contributed by atoms with E-state index >= 15 is 0 Å². The molecule has 0 spiro atoms. The van der Waals surface area contributed by atoms with Crippen LogP contribution in [0.2, 0.25) is 0 Å². The third-order valence-electron chi connectivity index (χ3n) is 2.01. The number of carboxylic acid groups (broad SMARTS) is 1. The lowest BCUT2D eigenvalue weighted by atomic mass is 10.1. The molecular weight excluding hydrogens is 196 g/mol. The van der Waals surface area contributed by atoms with Crippen LogP contribution < -0.4 is 0 Å². The Morgan fingerprint density at radius 3 is 2.47 bits per heavy atom. The Kier molecular flexibility index (Phi) is 2.17. The summed E-state index contributed by atoms with van der Waals surface area (Å²) in [6.07, 6.45) is 0. The van der Waals surface area contributed by atoms with Gasteiger partial charge in [-0.3, -0.25) is 0 Å². The monoisotopic (exact) mass is 204 g/mol. The Hall–Kier alpha value is -2.24. The topological polar surface area (TPSA) is 80.9 Å². The Balaban J connectivity index is 2.40. The normalized spacial score (nSPS) is 10.2. The Morgan fingerprint density at radius 1 is 1.33 bits per heavy atom. The molecule has 1 heterocycles. The van der Waals surface area contributed by atoms with Crippen LogP contribution in [0.4, 0.5) is 0 Å². The van der Waals surface area contributed by atoms with Crippen molar-refractivity contribution in [2.75, 3.05) is 0 Å². The van der Waals surface area contributed by atoms with Crippen molar-refractivity contribution in [2.45, 2.75) is 0 Å². The van der Waals surface area contributed by atoms with Crippen molar-refractivity contribution >= 4 is 5.97 Å². The lowest BCUT2D eigenvalue weighted by Crippen LogP contribution is -1.97. The van der Waals surface area contributed by atoms with Gasteiger partial charge >= 0.3 is 5.97 Å². The number of aromatic nitrogens is 4. The van der Waals surface area contributed by atoms with Crippen molar-refractivity contribution in [3.63, 3.8) is 0 Å². The minimum absolute atomic E-state index is 0.244. The SMILES string of the molecule is Cn1nnnc1-c1ccc(C(=O)O)cc1. The minimum atomic E-state index is -0.947. The van der Waals surface area contributed by atoms with Gasteiger partial charge < -0.3 is 5.11 Å². The smallest absolute Gasteiger partial charge is 0.335 e. The highest BCUT2D eigenvalue weighted by Gasteiger charge is 2.07. The zero-order chi connectivity index (χ0) is 10.8. The van der Waals surface area contributed by atoms with Crippen LogP contribution in [0.1, 0.15) is 10.4 Å². The average Bonchev–Trinajstić information content (AvgIpc) is 2.65. The van der Waals surface area contributed by atoms with E-state index in [2.05, 4.69) is 15.5 Å². The second-order valence-electron chi connectivity index (χ2n) is 3.01. The van der Waals surface area contributed by atoms with Gasteiger partial charge in [-0.15, -0.1) is 5.10 Å². The first kappa shape index (κ1) is 9.32. The van der Waals surface area contributed by atoms with Crippen molar-refractivity contribution < 1.29 is 9.90 Å². The lowest BCUT2D eigenvalue weighted by molar-refractivity contribution is 0.0697. The van der Waals surface area contributed by atoms with Gasteiger partial charge in [-0.05, 0) is 22.6 Å². The number of carboxylic acids is 1. The fourth-order valence-corrected chi connectivity index (χ4v) is 1.24. The first-order valence-electron chi connectivity index (χ1n) is 4.24. The third-order valence-corrected chi connectivity index (χ3v) is 2.01. The van der Waals surface area contributed by atoms with Gasteiger partial charge in [0.05, 0.1) is 5.56 Å². The van der Waals surface area contributed by atoms with Gasteiger partial charge in [-0.1, -0.05) is 12.1 Å². The summed E-state index contributed by atoms with van der Waals surface area (Å²) >= 11 is 0. The number of carbonyl (C=O) groups is 1. The minimum Gasteiger partial charge on any atom is -0.478 e. The van der Waals surface area contributed by atoms with E-state index in [0.29, 0.717) is 5.82 Å². The molecule has 0 saturated carbocycles. The highest BCUT2D eigenvalue weighted by atomic mass is 16.4. The van der Waals surface area contributed by atoms with Gasteiger partial charge in [0.25, 0.3) is 0 Å². The van der Waals surface area contributed by atoms with E-state index in [4.69, 9.17) is 5.11 Å². The first-order valence-corrected chi connectivity index (χ1v) is 4.24. The third kappa shape index (κ3) is 1.69. The maximum Gasteiger partial charge on any atom is 0.335 e. The highest BCUT2D eigenvalue weighted by molar-refractivity contribution is 5.88. The molecular formula is C9H8N4O2. The number of nitrogens with zero attached hydrogens (tertiary/aromatic N) is 4. The van der Waals surface area contributed by atoms with Crippen LogP contribution >= 0.6 is 0 Å². The van der Waals surface area contributed by atoms with Gasteiger partial charge in [0.15, 0.2) is 5.82 Å². The van der Waals surface area contributed by atoms with E-state index < -0.39 is 5.97 Å². The van der Waals surface area contributed by atoms with E-state index in [-0.39, 0.29) is 5.56 Å². The van der Waals surface area contributed by atoms with E-state index in [0.717, 1.165) is 5.56 Å². The number of hydrogen-bond acceptors (Lipinski definition) is 4. The summed E-state index contributed by atoms with van der Waals surface area (Å²) in [4.78, 5) is 10.6. The number of aryl methyl sites for hydroxylation is 1. The van der Waals surface area contributed by atoms with Crippen molar-refractivity contribution in [1.82, 2.24) is 20.2 Å². The molecule has 0 aliphatic carbocycles. The molecule has 6 nitrogen and oxygen atoms in total. The van der Waals surface area contributed by atoms with Crippen LogP contribution in [-0.2, 0) is 7.05 Å². The number of aromatic carboxylic acids is 1. The lowest BCUT2D eigenvalue weighted by Gasteiger charge is -1.99. The second kappa shape index (κ2) is 3.49. The van der Waals surface area contributed by atoms with Crippen molar-refractivity contribution in [3.05, 3.63) is 29.8 Å². The van der Waals surface area contributed by atoms with Crippen LogP contribution in [0, 0.1) is 0 Å². The molecule has 1 N–H and O–H groups in total. The molecule has 0 atom stereocenters. The summed E-state index contributed by atoms with van der Waals surface area (Å²) in [5, 5.41) is 19.7. The fourth-order valence-electron chi connectivity index (χ4n) is 1.24. The Bertz CT molecular complexity index is 489. The zero-order valence-corrected chi connectivity index (χ0v) is 7.95. The summed E-state index contributed by atoms with van der Waals surface area (Å²) in [5.74, 6) is -0.343. The number of benzene rings is 1. The molecule has 2 aromatic rings. The van der Waals surface area contributed by atoms with Crippen molar-refractivity contribution in [2.24, 2.45) is 7.05 Å². The largest absolute Gasteiger partial charge is 0.478 e. The van der Waals surface area contributed by atoms with E-state index in [1.165, 1.54) is 16.8 Å². The Morgan fingerprint density at radius 2 is 2.00 bits per heavy atom. The summed E-state index contributed by atoms with van der Waals surface area (Å²) in [5.41, 5.74) is 1.03. The zero-order valence-electron chi connectivity index (χ0n) is 7.95. The quantitative estimate of drug-likeness (QED) is 0.773. The summed E-state index contributed by atoms with van der Waals surface area (Å²) in [6, 6.07) is 6.39. The second-order valence-corrected chi connectivity index (χ2v) is 3.01. The molecule has 0 saturated heterocycles. The van der Waals surface area contributed by atoms with E-state index in [1.807, 2.05) is 0 Å². The fraction of sp³-hybridized carbons (Fsp3) is 0.111. The van der Waals surface area contributed by atoms with E-state index in [1.54, 1.807) is 19.2 Å². The van der Waals surface area contributed by atoms with Crippen LogP contribution in [0.25, 0.3) is 11.4 Å². The predicted molar refractivity (Wildman–Crippen MR) is 51.2 cm³/mol. The van der Waals surface area contributed by atoms with Gasteiger partial charge in [-0.2, -0.15) is 0 Å². The molecule has 1 aromatic carbocycles. The summed E-state index contributed by atoms with van der Waals surface area (Å²) < 4.78 is 1.52. The molecule has 0 amide bonds. The van der Waals surface area contributed by atoms with Crippen LogP contribution in [0.15, 0.2) is 24.3 Å². The first-order chi connectivity index (χ1) is 7.18. The summed E-state index contributed by atoms with van der Waals surface area (Å²) in [7, 11) is 1.72. The van der Waals surface area contributed by atoms with Crippen molar-refractivity contribution in [3.8, 4) is 11.4 Å². The maximum absolute atomic E-state index is 10.6. The molecule has 0 unspecified atom stereocenters. The van der Waals surface area contributed by atoms with Gasteiger partial charge in [0.2, 0.25) is 0 Å². The molecule has 15 heavy (non-hydrogen) atoms. The highest BCUT2D eigenvalue weighted by Crippen LogP contribution is 2.15. The van der Waals surface area contributed by atoms with Gasteiger partial charge in [0, 0.05) is 12.6 Å².